The van der Waals surface area contributed by atoms with Crippen LogP contribution < -0.4 is 5.32 Å². The predicted molar refractivity (Wildman–Crippen MR) is 69.6 cm³/mol. The lowest BCUT2D eigenvalue weighted by atomic mass is 10.0. The summed E-state index contributed by atoms with van der Waals surface area (Å²) in [5.41, 5.74) is 1.42. The minimum atomic E-state index is -0.0749. The van der Waals surface area contributed by atoms with E-state index in [-0.39, 0.29) is 22.9 Å². The molecule has 0 aromatic heterocycles. The van der Waals surface area contributed by atoms with Crippen molar-refractivity contribution in [2.45, 2.75) is 30.9 Å². The van der Waals surface area contributed by atoms with Crippen molar-refractivity contribution in [2.75, 3.05) is 5.32 Å². The third kappa shape index (κ3) is 2.36. The molecule has 1 aromatic carbocycles. The number of thioether (sulfide) groups is 1. The molecule has 1 N–H and O–H groups in total. The van der Waals surface area contributed by atoms with Gasteiger partial charge in [0.15, 0.2) is 5.78 Å². The Hall–Kier alpha value is -1.29. The Labute approximate surface area is 105 Å². The summed E-state index contributed by atoms with van der Waals surface area (Å²) in [6.45, 7) is 5.62. The molecule has 0 fully saturated rings. The summed E-state index contributed by atoms with van der Waals surface area (Å²) in [4.78, 5) is 24.4. The first-order chi connectivity index (χ1) is 7.99. The highest BCUT2D eigenvalue weighted by molar-refractivity contribution is 8.00. The van der Waals surface area contributed by atoms with Crippen molar-refractivity contribution >= 4 is 29.1 Å². The van der Waals surface area contributed by atoms with E-state index in [1.165, 1.54) is 11.8 Å². The van der Waals surface area contributed by atoms with Crippen LogP contribution in [-0.4, -0.2) is 16.9 Å². The molecule has 2 rings (SSSR count). The number of hydrogen-bond donors (Lipinski definition) is 1. The van der Waals surface area contributed by atoms with E-state index in [0.29, 0.717) is 5.56 Å². The van der Waals surface area contributed by atoms with Crippen LogP contribution in [0.2, 0.25) is 0 Å². The van der Waals surface area contributed by atoms with Crippen molar-refractivity contribution in [3.05, 3.63) is 23.8 Å². The fourth-order valence-electron chi connectivity index (χ4n) is 1.70. The Kier molecular flexibility index (Phi) is 3.24. The molecule has 4 heteroatoms. The van der Waals surface area contributed by atoms with Gasteiger partial charge in [-0.25, -0.2) is 0 Å². The Morgan fingerprint density at radius 2 is 2.12 bits per heavy atom. The van der Waals surface area contributed by atoms with Crippen molar-refractivity contribution in [1.82, 2.24) is 0 Å². The Morgan fingerprint density at radius 1 is 1.41 bits per heavy atom. The molecule has 1 atom stereocenters. The monoisotopic (exact) mass is 249 g/mol. The van der Waals surface area contributed by atoms with Crippen LogP contribution in [0.1, 0.15) is 31.1 Å². The average molecular weight is 249 g/mol. The molecular formula is C13H15NO2S. The van der Waals surface area contributed by atoms with Gasteiger partial charge < -0.3 is 5.32 Å². The van der Waals surface area contributed by atoms with Crippen LogP contribution in [0.3, 0.4) is 0 Å². The molecular weight excluding hydrogens is 234 g/mol. The summed E-state index contributed by atoms with van der Waals surface area (Å²) in [5, 5.41) is 2.76. The van der Waals surface area contributed by atoms with Crippen molar-refractivity contribution in [3.8, 4) is 0 Å². The minimum absolute atomic E-state index is 0.00311. The molecule has 1 amide bonds. The number of anilines is 1. The van der Waals surface area contributed by atoms with Gasteiger partial charge in [-0.3, -0.25) is 9.59 Å². The number of nitrogens with one attached hydrogen (secondary N) is 1. The molecule has 1 aliphatic heterocycles. The Bertz CT molecular complexity index is 482. The molecule has 17 heavy (non-hydrogen) atoms. The first-order valence-corrected chi connectivity index (χ1v) is 6.53. The number of Topliss-reactive ketones (excluding diaryl/α,β-unsaturated/α-hetero) is 1. The maximum atomic E-state index is 11.9. The van der Waals surface area contributed by atoms with Gasteiger partial charge in [0.25, 0.3) is 0 Å². The molecule has 1 aromatic rings. The van der Waals surface area contributed by atoms with Gasteiger partial charge in [0, 0.05) is 16.4 Å². The smallest absolute Gasteiger partial charge is 0.237 e. The fraction of sp³-hybridized carbons (Fsp3) is 0.385. The molecule has 1 aliphatic rings. The van der Waals surface area contributed by atoms with E-state index in [4.69, 9.17) is 0 Å². The van der Waals surface area contributed by atoms with Gasteiger partial charge in [-0.1, -0.05) is 19.9 Å². The van der Waals surface area contributed by atoms with Crippen molar-refractivity contribution in [3.63, 3.8) is 0 Å². The average Bonchev–Trinajstić information content (AvgIpc) is 2.29. The molecule has 0 bridgehead atoms. The standard InChI is InChI=1S/C13H15NO2S/c1-7(2)12(15)9-4-5-11-10(6-9)14-13(16)8(3)17-11/h4-8H,1-3H3,(H,14,16). The number of carbonyl (C=O) groups is 2. The quantitative estimate of drug-likeness (QED) is 0.820. The maximum Gasteiger partial charge on any atom is 0.237 e. The number of hydrogen-bond acceptors (Lipinski definition) is 3. The Morgan fingerprint density at radius 3 is 2.76 bits per heavy atom. The van der Waals surface area contributed by atoms with Crippen LogP contribution in [0.15, 0.2) is 23.1 Å². The van der Waals surface area contributed by atoms with Gasteiger partial charge in [0.1, 0.15) is 0 Å². The topological polar surface area (TPSA) is 46.2 Å². The summed E-state index contributed by atoms with van der Waals surface area (Å²) >= 11 is 1.53. The van der Waals surface area contributed by atoms with Crippen LogP contribution >= 0.6 is 11.8 Å². The molecule has 0 saturated carbocycles. The molecule has 0 radical (unpaired) electrons. The van der Waals surface area contributed by atoms with E-state index in [1.54, 1.807) is 6.07 Å². The normalized spacial score (nSPS) is 18.8. The van der Waals surface area contributed by atoms with Gasteiger partial charge in [0.05, 0.1) is 10.9 Å². The second kappa shape index (κ2) is 4.53. The van der Waals surface area contributed by atoms with Crippen molar-refractivity contribution in [2.24, 2.45) is 5.92 Å². The number of carbonyl (C=O) groups excluding carboxylic acids is 2. The number of benzene rings is 1. The molecule has 0 aliphatic carbocycles. The molecule has 1 unspecified atom stereocenters. The van der Waals surface area contributed by atoms with Gasteiger partial charge in [-0.05, 0) is 19.1 Å². The second-order valence-electron chi connectivity index (χ2n) is 4.48. The first-order valence-electron chi connectivity index (χ1n) is 5.65. The van der Waals surface area contributed by atoms with Crippen LogP contribution in [-0.2, 0) is 4.79 Å². The fourth-order valence-corrected chi connectivity index (χ4v) is 2.63. The lowest BCUT2D eigenvalue weighted by Crippen LogP contribution is -2.26. The summed E-state index contributed by atoms with van der Waals surface area (Å²) in [5.74, 6) is 0.0706. The number of amides is 1. The number of fused-ring (bicyclic) bond motifs is 1. The van der Waals surface area contributed by atoms with Crippen molar-refractivity contribution in [1.29, 1.82) is 0 Å². The molecule has 3 nitrogen and oxygen atoms in total. The highest BCUT2D eigenvalue weighted by Crippen LogP contribution is 2.36. The minimum Gasteiger partial charge on any atom is -0.324 e. The molecule has 90 valence electrons. The van der Waals surface area contributed by atoms with Gasteiger partial charge in [0.2, 0.25) is 5.91 Å². The largest absolute Gasteiger partial charge is 0.324 e. The lowest BCUT2D eigenvalue weighted by molar-refractivity contribution is -0.115. The zero-order valence-electron chi connectivity index (χ0n) is 10.1. The molecule has 0 spiro atoms. The summed E-state index contributed by atoms with van der Waals surface area (Å²) in [6.07, 6.45) is 0. The highest BCUT2D eigenvalue weighted by Gasteiger charge is 2.24. The van der Waals surface area contributed by atoms with Crippen molar-refractivity contribution < 1.29 is 9.59 Å². The number of ketones is 1. The van der Waals surface area contributed by atoms with Crippen LogP contribution in [0.5, 0.6) is 0 Å². The first kappa shape index (κ1) is 12.2. The molecule has 1 heterocycles. The predicted octanol–water partition coefficient (Wildman–Crippen LogP) is 2.96. The van der Waals surface area contributed by atoms with E-state index < -0.39 is 0 Å². The van der Waals surface area contributed by atoms with Crippen LogP contribution in [0, 0.1) is 5.92 Å². The third-order valence-electron chi connectivity index (χ3n) is 2.72. The van der Waals surface area contributed by atoms with Crippen LogP contribution in [0.25, 0.3) is 0 Å². The van der Waals surface area contributed by atoms with Gasteiger partial charge in [-0.15, -0.1) is 11.8 Å². The zero-order chi connectivity index (χ0) is 12.6. The second-order valence-corrected chi connectivity index (χ2v) is 5.86. The van der Waals surface area contributed by atoms with Gasteiger partial charge in [-0.2, -0.15) is 0 Å². The van der Waals surface area contributed by atoms with E-state index in [1.807, 2.05) is 32.9 Å². The third-order valence-corrected chi connectivity index (χ3v) is 3.90. The van der Waals surface area contributed by atoms with E-state index in [0.717, 1.165) is 10.6 Å². The van der Waals surface area contributed by atoms with Crippen LogP contribution in [0.4, 0.5) is 5.69 Å². The highest BCUT2D eigenvalue weighted by atomic mass is 32.2. The van der Waals surface area contributed by atoms with Gasteiger partial charge >= 0.3 is 0 Å². The summed E-state index contributed by atoms with van der Waals surface area (Å²) < 4.78 is 0. The maximum absolute atomic E-state index is 11.9. The lowest BCUT2D eigenvalue weighted by Gasteiger charge is -2.21. The van der Waals surface area contributed by atoms with E-state index in [9.17, 15) is 9.59 Å². The Balaban J connectivity index is 2.35. The summed E-state index contributed by atoms with van der Waals surface area (Å²) in [6, 6.07) is 5.51. The van der Waals surface area contributed by atoms with E-state index in [2.05, 4.69) is 5.32 Å². The molecule has 0 saturated heterocycles. The SMILES string of the molecule is CC(C)C(=O)c1ccc2c(c1)NC(=O)C(C)S2. The zero-order valence-corrected chi connectivity index (χ0v) is 10.9. The van der Waals surface area contributed by atoms with E-state index >= 15 is 0 Å². The number of rotatable bonds is 2. The summed E-state index contributed by atoms with van der Waals surface area (Å²) in [7, 11) is 0.